The molecule has 194 valence electrons. The fourth-order valence-corrected chi connectivity index (χ4v) is 3.68. The summed E-state index contributed by atoms with van der Waals surface area (Å²) in [6.45, 7) is 4.54. The molecule has 0 aliphatic heterocycles. The molecule has 0 heterocycles. The summed E-state index contributed by atoms with van der Waals surface area (Å²) < 4.78 is 10.3. The molecule has 7 nitrogen and oxygen atoms in total. The van der Waals surface area contributed by atoms with Crippen molar-refractivity contribution in [3.05, 3.63) is 96.1 Å². The van der Waals surface area contributed by atoms with Crippen LogP contribution in [0.15, 0.2) is 84.9 Å². The molecule has 0 spiro atoms. The summed E-state index contributed by atoms with van der Waals surface area (Å²) in [6.07, 6.45) is 0.381. The zero-order chi connectivity index (χ0) is 26.8. The van der Waals surface area contributed by atoms with Gasteiger partial charge in [-0.2, -0.15) is 0 Å². The van der Waals surface area contributed by atoms with Crippen LogP contribution >= 0.6 is 0 Å². The number of ether oxygens (including phenoxy) is 2. The lowest BCUT2D eigenvalue weighted by Crippen LogP contribution is -2.50. The molecule has 0 aliphatic carbocycles. The molecule has 3 aromatic rings. The highest BCUT2D eigenvalue weighted by atomic mass is 16.7. The van der Waals surface area contributed by atoms with E-state index in [0.29, 0.717) is 0 Å². The van der Waals surface area contributed by atoms with Crippen LogP contribution in [0.2, 0.25) is 0 Å². The summed E-state index contributed by atoms with van der Waals surface area (Å²) in [6, 6.07) is 24.8. The maximum atomic E-state index is 13.0. The fourth-order valence-electron chi connectivity index (χ4n) is 3.68. The molecule has 3 rings (SSSR count). The summed E-state index contributed by atoms with van der Waals surface area (Å²) in [5.74, 6) is -2.29. The molecule has 3 aromatic carbocycles. The van der Waals surface area contributed by atoms with Crippen molar-refractivity contribution >= 4 is 17.9 Å². The van der Waals surface area contributed by atoms with Gasteiger partial charge in [-0.15, -0.1) is 0 Å². The zero-order valence-electron chi connectivity index (χ0n) is 21.3. The lowest BCUT2D eigenvalue weighted by Gasteiger charge is -2.23. The Hall–Kier alpha value is -3.97. The minimum atomic E-state index is -1.08. The number of hydrogen-bond acceptors (Lipinski definition) is 6. The Morgan fingerprint density at radius 1 is 0.730 bits per heavy atom. The quantitative estimate of drug-likeness (QED) is 0.290. The Morgan fingerprint density at radius 3 is 1.81 bits per heavy atom. The lowest BCUT2D eigenvalue weighted by molar-refractivity contribution is -0.174. The van der Waals surface area contributed by atoms with E-state index in [0.717, 1.165) is 22.3 Å². The minimum absolute atomic E-state index is 0.186. The van der Waals surface area contributed by atoms with Crippen molar-refractivity contribution in [2.75, 3.05) is 6.79 Å². The predicted molar refractivity (Wildman–Crippen MR) is 141 cm³/mol. The Morgan fingerprint density at radius 2 is 1.24 bits per heavy atom. The number of carboxylic acids is 1. The molecule has 0 saturated carbocycles. The molecular formula is C30H33NO6. The van der Waals surface area contributed by atoms with Gasteiger partial charge in [0.1, 0.15) is 12.1 Å². The van der Waals surface area contributed by atoms with Crippen LogP contribution in [0.5, 0.6) is 0 Å². The summed E-state index contributed by atoms with van der Waals surface area (Å²) in [5, 5.41) is 12.8. The monoisotopic (exact) mass is 503 g/mol. The largest absolute Gasteiger partial charge is 0.480 e. The number of carboxylic acid groups (broad SMARTS) is 1. The third-order valence-corrected chi connectivity index (χ3v) is 5.77. The maximum absolute atomic E-state index is 13.0. The SMILES string of the molecule is CC(C)(C)C(=O)OCOC(=O)C(Cc1ccc(-c2ccccc2)cc1)N[C@@H](Cc1ccccc1)C(=O)O. The van der Waals surface area contributed by atoms with Gasteiger partial charge in [0.25, 0.3) is 0 Å². The second kappa shape index (κ2) is 12.8. The second-order valence-electron chi connectivity index (χ2n) is 9.83. The van der Waals surface area contributed by atoms with Crippen LogP contribution in [0.25, 0.3) is 11.1 Å². The molecule has 0 radical (unpaired) electrons. The van der Waals surface area contributed by atoms with Gasteiger partial charge in [0.2, 0.25) is 6.79 Å². The van der Waals surface area contributed by atoms with Gasteiger partial charge in [-0.3, -0.25) is 19.7 Å². The summed E-state index contributed by atoms with van der Waals surface area (Å²) in [5.41, 5.74) is 3.00. The third-order valence-electron chi connectivity index (χ3n) is 5.77. The molecule has 37 heavy (non-hydrogen) atoms. The molecule has 2 atom stereocenters. The Kier molecular flexibility index (Phi) is 9.57. The Labute approximate surface area is 217 Å². The minimum Gasteiger partial charge on any atom is -0.480 e. The lowest BCUT2D eigenvalue weighted by atomic mass is 9.98. The molecular weight excluding hydrogens is 470 g/mol. The van der Waals surface area contributed by atoms with Gasteiger partial charge >= 0.3 is 17.9 Å². The highest BCUT2D eigenvalue weighted by molar-refractivity contribution is 5.80. The van der Waals surface area contributed by atoms with Crippen molar-refractivity contribution in [2.45, 2.75) is 45.7 Å². The van der Waals surface area contributed by atoms with Crippen LogP contribution in [-0.4, -0.2) is 41.9 Å². The van der Waals surface area contributed by atoms with E-state index in [-0.39, 0.29) is 12.8 Å². The average Bonchev–Trinajstić information content (AvgIpc) is 2.88. The van der Waals surface area contributed by atoms with Crippen molar-refractivity contribution in [1.29, 1.82) is 0 Å². The number of nitrogens with one attached hydrogen (secondary N) is 1. The van der Waals surface area contributed by atoms with Crippen LogP contribution in [0, 0.1) is 5.41 Å². The Balaban J connectivity index is 1.75. The maximum Gasteiger partial charge on any atom is 0.326 e. The topological polar surface area (TPSA) is 102 Å². The van der Waals surface area contributed by atoms with E-state index in [9.17, 15) is 19.5 Å². The van der Waals surface area contributed by atoms with E-state index in [2.05, 4.69) is 5.32 Å². The highest BCUT2D eigenvalue weighted by Gasteiger charge is 2.29. The van der Waals surface area contributed by atoms with Gasteiger partial charge in [-0.1, -0.05) is 84.9 Å². The van der Waals surface area contributed by atoms with Crippen molar-refractivity contribution in [3.8, 4) is 11.1 Å². The van der Waals surface area contributed by atoms with Gasteiger partial charge in [0.15, 0.2) is 0 Å². The standard InChI is InChI=1S/C30H33NO6/c1-30(2,3)29(35)37-20-36-28(34)26(31-25(27(32)33)18-21-10-6-4-7-11-21)19-22-14-16-24(17-15-22)23-12-8-5-9-13-23/h4-17,25-26,31H,18-20H2,1-3H3,(H,32,33)/t25-,26?/m0/s1. The van der Waals surface area contributed by atoms with Crippen LogP contribution in [0.4, 0.5) is 0 Å². The summed E-state index contributed by atoms with van der Waals surface area (Å²) in [7, 11) is 0. The van der Waals surface area contributed by atoms with E-state index >= 15 is 0 Å². The highest BCUT2D eigenvalue weighted by Crippen LogP contribution is 2.20. The molecule has 0 bridgehead atoms. The second-order valence-corrected chi connectivity index (χ2v) is 9.83. The van der Waals surface area contributed by atoms with Crippen molar-refractivity contribution in [1.82, 2.24) is 5.32 Å². The summed E-state index contributed by atoms with van der Waals surface area (Å²) >= 11 is 0. The number of hydrogen-bond donors (Lipinski definition) is 2. The van der Waals surface area contributed by atoms with E-state index < -0.39 is 42.2 Å². The molecule has 7 heteroatoms. The van der Waals surface area contributed by atoms with Crippen LogP contribution in [0.3, 0.4) is 0 Å². The van der Waals surface area contributed by atoms with E-state index in [1.54, 1.807) is 20.8 Å². The average molecular weight is 504 g/mol. The van der Waals surface area contributed by atoms with E-state index in [1.807, 2.05) is 84.9 Å². The van der Waals surface area contributed by atoms with Crippen molar-refractivity contribution in [2.24, 2.45) is 5.41 Å². The normalized spacial score (nSPS) is 12.8. The van der Waals surface area contributed by atoms with Crippen LogP contribution < -0.4 is 5.32 Å². The molecule has 0 aromatic heterocycles. The van der Waals surface area contributed by atoms with Gasteiger partial charge in [-0.05, 0) is 55.9 Å². The van der Waals surface area contributed by atoms with E-state index in [4.69, 9.17) is 9.47 Å². The molecule has 1 unspecified atom stereocenters. The number of carbonyl (C=O) groups excluding carboxylic acids is 2. The van der Waals surface area contributed by atoms with E-state index in [1.165, 1.54) is 0 Å². The first-order valence-corrected chi connectivity index (χ1v) is 12.1. The first-order chi connectivity index (χ1) is 17.6. The smallest absolute Gasteiger partial charge is 0.326 e. The molecule has 0 fully saturated rings. The number of rotatable bonds is 11. The summed E-state index contributed by atoms with van der Waals surface area (Å²) in [4.78, 5) is 37.1. The van der Waals surface area contributed by atoms with Crippen LogP contribution in [-0.2, 0) is 36.7 Å². The molecule has 0 saturated heterocycles. The number of esters is 2. The number of carbonyl (C=O) groups is 3. The first kappa shape index (κ1) is 27.6. The molecule has 0 amide bonds. The predicted octanol–water partition coefficient (Wildman–Crippen LogP) is 4.64. The molecule has 2 N–H and O–H groups in total. The van der Waals surface area contributed by atoms with Gasteiger partial charge in [-0.25, -0.2) is 0 Å². The van der Waals surface area contributed by atoms with Crippen LogP contribution in [0.1, 0.15) is 31.9 Å². The van der Waals surface area contributed by atoms with Gasteiger partial charge in [0.05, 0.1) is 5.41 Å². The van der Waals surface area contributed by atoms with Gasteiger partial charge < -0.3 is 14.6 Å². The van der Waals surface area contributed by atoms with Crippen molar-refractivity contribution < 1.29 is 29.0 Å². The fraction of sp³-hybridized carbons (Fsp3) is 0.300. The molecule has 0 aliphatic rings. The third kappa shape index (κ3) is 8.58. The van der Waals surface area contributed by atoms with Crippen molar-refractivity contribution in [3.63, 3.8) is 0 Å². The number of benzene rings is 3. The number of aliphatic carboxylic acids is 1. The van der Waals surface area contributed by atoms with Gasteiger partial charge in [0, 0.05) is 0 Å². The first-order valence-electron chi connectivity index (χ1n) is 12.1. The Bertz CT molecular complexity index is 1170. The zero-order valence-corrected chi connectivity index (χ0v) is 21.3.